The van der Waals surface area contributed by atoms with Crippen LogP contribution in [-0.4, -0.2) is 39.8 Å². The molecule has 1 saturated carbocycles. The fraction of sp³-hybridized carbons (Fsp3) is 0.316. The predicted molar refractivity (Wildman–Crippen MR) is 99.9 cm³/mol. The number of hydrogen-bond acceptors (Lipinski definition) is 4. The standard InChI is InChI=1S/C19H22N2O4S/c1-21(2)26(23,24)17-13-15(9-10-16(17)25-3)20-18(22)19(11-12-19)14-7-5-4-6-8-14/h4-10,13H,11-12H2,1-3H3,(H,20,22). The molecule has 1 N–H and O–H groups in total. The molecule has 0 saturated heterocycles. The van der Waals surface area contributed by atoms with Crippen LogP contribution in [-0.2, 0) is 20.2 Å². The van der Waals surface area contributed by atoms with Gasteiger partial charge in [-0.2, -0.15) is 0 Å². The van der Waals surface area contributed by atoms with Gasteiger partial charge < -0.3 is 10.1 Å². The summed E-state index contributed by atoms with van der Waals surface area (Å²) in [5.74, 6) is 0.114. The Labute approximate surface area is 153 Å². The quantitative estimate of drug-likeness (QED) is 0.843. The first-order valence-corrected chi connectivity index (χ1v) is 9.73. The van der Waals surface area contributed by atoms with E-state index in [0.29, 0.717) is 5.69 Å². The molecule has 2 aromatic rings. The average Bonchev–Trinajstić information content (AvgIpc) is 3.44. The lowest BCUT2D eigenvalue weighted by molar-refractivity contribution is -0.118. The van der Waals surface area contributed by atoms with Gasteiger partial charge in [0.05, 0.1) is 12.5 Å². The highest BCUT2D eigenvalue weighted by atomic mass is 32.2. The van der Waals surface area contributed by atoms with E-state index in [1.165, 1.54) is 27.3 Å². The minimum absolute atomic E-state index is 0.0207. The first-order chi connectivity index (χ1) is 12.3. The number of carbonyl (C=O) groups excluding carboxylic acids is 1. The number of carbonyl (C=O) groups is 1. The fourth-order valence-corrected chi connectivity index (χ4v) is 4.01. The molecule has 0 spiro atoms. The van der Waals surface area contributed by atoms with Crippen LogP contribution in [0.4, 0.5) is 5.69 Å². The number of nitrogens with one attached hydrogen (secondary N) is 1. The Bertz CT molecular complexity index is 920. The third-order valence-corrected chi connectivity index (χ3v) is 6.53. The number of anilines is 1. The molecule has 0 bridgehead atoms. The minimum Gasteiger partial charge on any atom is -0.495 e. The Morgan fingerprint density at radius 3 is 2.31 bits per heavy atom. The summed E-state index contributed by atoms with van der Waals surface area (Å²) >= 11 is 0. The van der Waals surface area contributed by atoms with E-state index in [2.05, 4.69) is 5.32 Å². The number of hydrogen-bond donors (Lipinski definition) is 1. The summed E-state index contributed by atoms with van der Waals surface area (Å²) in [6.07, 6.45) is 1.56. The number of ether oxygens (including phenoxy) is 1. The first-order valence-electron chi connectivity index (χ1n) is 8.29. The van der Waals surface area contributed by atoms with E-state index in [1.807, 2.05) is 30.3 Å². The van der Waals surface area contributed by atoms with E-state index in [1.54, 1.807) is 12.1 Å². The van der Waals surface area contributed by atoms with Crippen LogP contribution in [0, 0.1) is 0 Å². The molecule has 7 heteroatoms. The first kappa shape index (κ1) is 18.4. The summed E-state index contributed by atoms with van der Waals surface area (Å²) in [7, 11) is 0.627. The highest BCUT2D eigenvalue weighted by molar-refractivity contribution is 7.89. The Balaban J connectivity index is 1.91. The van der Waals surface area contributed by atoms with Gasteiger partial charge in [-0.3, -0.25) is 4.79 Å². The molecule has 2 aromatic carbocycles. The largest absolute Gasteiger partial charge is 0.495 e. The second-order valence-corrected chi connectivity index (χ2v) is 8.68. The van der Waals surface area contributed by atoms with Gasteiger partial charge in [-0.15, -0.1) is 0 Å². The average molecular weight is 374 g/mol. The Morgan fingerprint density at radius 1 is 1.12 bits per heavy atom. The molecule has 0 heterocycles. The van der Waals surface area contributed by atoms with Gasteiger partial charge >= 0.3 is 0 Å². The Hall–Kier alpha value is -2.38. The second kappa shape index (κ2) is 6.74. The van der Waals surface area contributed by atoms with Crippen molar-refractivity contribution in [2.45, 2.75) is 23.2 Å². The predicted octanol–water partition coefficient (Wildman–Crippen LogP) is 2.62. The molecular weight excluding hydrogens is 352 g/mol. The molecule has 26 heavy (non-hydrogen) atoms. The second-order valence-electron chi connectivity index (χ2n) is 6.56. The van der Waals surface area contributed by atoms with Crippen LogP contribution in [0.5, 0.6) is 5.75 Å². The molecule has 1 aliphatic rings. The SMILES string of the molecule is COc1ccc(NC(=O)C2(c3ccccc3)CC2)cc1S(=O)(=O)N(C)C. The van der Waals surface area contributed by atoms with Gasteiger partial charge in [0.2, 0.25) is 15.9 Å². The van der Waals surface area contributed by atoms with E-state index in [4.69, 9.17) is 4.74 Å². The van der Waals surface area contributed by atoms with Gasteiger partial charge in [0.25, 0.3) is 0 Å². The van der Waals surface area contributed by atoms with Crippen molar-refractivity contribution in [2.24, 2.45) is 0 Å². The number of methoxy groups -OCH3 is 1. The lowest BCUT2D eigenvalue weighted by Crippen LogP contribution is -2.28. The summed E-state index contributed by atoms with van der Waals surface area (Å²) in [6, 6.07) is 14.3. The van der Waals surface area contributed by atoms with Gasteiger partial charge in [0.15, 0.2) is 0 Å². The van der Waals surface area contributed by atoms with Crippen molar-refractivity contribution in [1.82, 2.24) is 4.31 Å². The van der Waals surface area contributed by atoms with Crippen LogP contribution < -0.4 is 10.1 Å². The normalized spacial score (nSPS) is 15.5. The lowest BCUT2D eigenvalue weighted by atomic mass is 9.95. The van der Waals surface area contributed by atoms with Gasteiger partial charge in [-0.05, 0) is 36.6 Å². The molecule has 1 aliphatic carbocycles. The summed E-state index contributed by atoms with van der Waals surface area (Å²) in [5.41, 5.74) is 0.882. The maximum absolute atomic E-state index is 12.8. The van der Waals surface area contributed by atoms with Crippen molar-refractivity contribution in [2.75, 3.05) is 26.5 Å². The molecule has 0 unspecified atom stereocenters. The van der Waals surface area contributed by atoms with Gasteiger partial charge in [-0.25, -0.2) is 12.7 Å². The van der Waals surface area contributed by atoms with Crippen LogP contribution in [0.1, 0.15) is 18.4 Å². The van der Waals surface area contributed by atoms with Crippen LogP contribution >= 0.6 is 0 Å². The number of nitrogens with zero attached hydrogens (tertiary/aromatic N) is 1. The molecule has 0 radical (unpaired) electrons. The van der Waals surface area contributed by atoms with Crippen molar-refractivity contribution in [3.8, 4) is 5.75 Å². The maximum atomic E-state index is 12.8. The summed E-state index contributed by atoms with van der Waals surface area (Å²) in [4.78, 5) is 12.9. The van der Waals surface area contributed by atoms with Crippen molar-refractivity contribution >= 4 is 21.6 Å². The van der Waals surface area contributed by atoms with Crippen molar-refractivity contribution in [3.63, 3.8) is 0 Å². The number of amides is 1. The maximum Gasteiger partial charge on any atom is 0.246 e. The van der Waals surface area contributed by atoms with Crippen molar-refractivity contribution in [1.29, 1.82) is 0 Å². The molecule has 0 aromatic heterocycles. The molecule has 138 valence electrons. The van der Waals surface area contributed by atoms with E-state index in [9.17, 15) is 13.2 Å². The number of sulfonamides is 1. The van der Waals surface area contributed by atoms with Crippen molar-refractivity contribution in [3.05, 3.63) is 54.1 Å². The number of rotatable bonds is 6. The van der Waals surface area contributed by atoms with Gasteiger partial charge in [-0.1, -0.05) is 30.3 Å². The summed E-state index contributed by atoms with van der Waals surface area (Å²) in [5, 5.41) is 2.87. The monoisotopic (exact) mass is 374 g/mol. The van der Waals surface area contributed by atoms with Crippen LogP contribution in [0.25, 0.3) is 0 Å². The molecule has 1 amide bonds. The summed E-state index contributed by atoms with van der Waals surface area (Å²) in [6.45, 7) is 0. The summed E-state index contributed by atoms with van der Waals surface area (Å²) < 4.78 is 31.3. The van der Waals surface area contributed by atoms with E-state index < -0.39 is 15.4 Å². The topological polar surface area (TPSA) is 75.7 Å². The van der Waals surface area contributed by atoms with Crippen molar-refractivity contribution < 1.29 is 17.9 Å². The van der Waals surface area contributed by atoms with E-state index in [-0.39, 0.29) is 16.6 Å². The van der Waals surface area contributed by atoms with Gasteiger partial charge in [0, 0.05) is 19.8 Å². The zero-order chi connectivity index (χ0) is 18.9. The van der Waals surface area contributed by atoms with E-state index in [0.717, 1.165) is 22.7 Å². The third kappa shape index (κ3) is 3.20. The van der Waals surface area contributed by atoms with Crippen LogP contribution in [0.15, 0.2) is 53.4 Å². The van der Waals surface area contributed by atoms with E-state index >= 15 is 0 Å². The minimum atomic E-state index is -3.69. The molecule has 3 rings (SSSR count). The molecule has 0 atom stereocenters. The Morgan fingerprint density at radius 2 is 1.77 bits per heavy atom. The lowest BCUT2D eigenvalue weighted by Gasteiger charge is -2.18. The number of benzene rings is 2. The fourth-order valence-electron chi connectivity index (χ4n) is 2.93. The zero-order valence-electron chi connectivity index (χ0n) is 15.0. The highest BCUT2D eigenvalue weighted by Gasteiger charge is 2.51. The molecule has 0 aliphatic heterocycles. The zero-order valence-corrected chi connectivity index (χ0v) is 15.8. The third-order valence-electron chi connectivity index (χ3n) is 4.69. The van der Waals surface area contributed by atoms with Gasteiger partial charge in [0.1, 0.15) is 10.6 Å². The van der Waals surface area contributed by atoms with Crippen LogP contribution in [0.2, 0.25) is 0 Å². The molecule has 6 nitrogen and oxygen atoms in total. The smallest absolute Gasteiger partial charge is 0.246 e. The molecule has 1 fully saturated rings. The van der Waals surface area contributed by atoms with Crippen LogP contribution in [0.3, 0.4) is 0 Å². The highest BCUT2D eigenvalue weighted by Crippen LogP contribution is 2.49. The Kier molecular flexibility index (Phi) is 4.77. The molecular formula is C19H22N2O4S.